The van der Waals surface area contributed by atoms with Gasteiger partial charge in [-0.3, -0.25) is 9.98 Å². The third-order valence-electron chi connectivity index (χ3n) is 3.11. The Kier molecular flexibility index (Phi) is 4.36. The molecule has 0 atom stereocenters. The summed E-state index contributed by atoms with van der Waals surface area (Å²) in [7, 11) is 1.82. The molecule has 1 aliphatic rings. The van der Waals surface area contributed by atoms with Gasteiger partial charge in [0.25, 0.3) is 0 Å². The van der Waals surface area contributed by atoms with Crippen LogP contribution in [0, 0.1) is 0 Å². The Morgan fingerprint density at radius 2 is 1.71 bits per heavy atom. The molecule has 0 spiro atoms. The largest absolute Gasteiger partial charge is 0.457 e. The van der Waals surface area contributed by atoms with Crippen LogP contribution in [-0.2, 0) is 0 Å². The summed E-state index contributed by atoms with van der Waals surface area (Å²) in [6.07, 6.45) is 0. The summed E-state index contributed by atoms with van der Waals surface area (Å²) < 4.78 is 5.80. The van der Waals surface area contributed by atoms with Crippen molar-refractivity contribution in [2.24, 2.45) is 9.98 Å². The number of benzene rings is 2. The first-order valence-electron chi connectivity index (χ1n) is 6.84. The molecule has 0 radical (unpaired) electrons. The van der Waals surface area contributed by atoms with E-state index in [2.05, 4.69) is 9.98 Å². The van der Waals surface area contributed by atoms with Gasteiger partial charge in [0.05, 0.1) is 5.71 Å². The molecule has 0 aromatic heterocycles. The smallest absolute Gasteiger partial charge is 0.127 e. The van der Waals surface area contributed by atoms with E-state index >= 15 is 0 Å². The average Bonchev–Trinajstić information content (AvgIpc) is 2.56. The topological polar surface area (TPSA) is 34.0 Å². The highest BCUT2D eigenvalue weighted by Gasteiger charge is 2.15. The molecular weight excluding hydrogens is 280 g/mol. The number of ether oxygens (including phenoxy) is 1. The van der Waals surface area contributed by atoms with Gasteiger partial charge in [0.15, 0.2) is 0 Å². The lowest BCUT2D eigenvalue weighted by atomic mass is 10.1. The standard InChI is InChI=1S/C17H16N2OS/c1-18-17-16(19-11-12-21-17)13-7-9-15(10-8-13)20-14-5-3-2-4-6-14/h2-10H,11-12H2,1H3. The molecule has 2 aromatic carbocycles. The highest BCUT2D eigenvalue weighted by atomic mass is 32.2. The molecule has 0 unspecified atom stereocenters. The van der Waals surface area contributed by atoms with Gasteiger partial charge in [-0.25, -0.2) is 0 Å². The summed E-state index contributed by atoms with van der Waals surface area (Å²) in [6.45, 7) is 0.848. The molecule has 0 saturated heterocycles. The van der Waals surface area contributed by atoms with E-state index in [1.165, 1.54) is 0 Å². The zero-order valence-electron chi connectivity index (χ0n) is 11.8. The molecular formula is C17H16N2OS. The van der Waals surface area contributed by atoms with Crippen LogP contribution in [0.5, 0.6) is 11.5 Å². The predicted octanol–water partition coefficient (Wildman–Crippen LogP) is 4.04. The van der Waals surface area contributed by atoms with Crippen LogP contribution >= 0.6 is 11.8 Å². The van der Waals surface area contributed by atoms with Gasteiger partial charge < -0.3 is 4.74 Å². The van der Waals surface area contributed by atoms with Crippen molar-refractivity contribution < 1.29 is 4.74 Å². The number of hydrogen-bond donors (Lipinski definition) is 0. The number of aliphatic imine (C=N–C) groups is 2. The summed E-state index contributed by atoms with van der Waals surface area (Å²) in [4.78, 5) is 8.90. The summed E-state index contributed by atoms with van der Waals surface area (Å²) in [5, 5.41) is 1.01. The van der Waals surface area contributed by atoms with E-state index in [4.69, 9.17) is 4.74 Å². The number of thioether (sulfide) groups is 1. The first-order valence-corrected chi connectivity index (χ1v) is 7.83. The second-order valence-electron chi connectivity index (χ2n) is 4.55. The molecule has 2 aromatic rings. The SMILES string of the molecule is CN=C1SCCN=C1c1ccc(Oc2ccccc2)cc1. The maximum absolute atomic E-state index is 5.80. The Hall–Kier alpha value is -2.07. The molecule has 1 heterocycles. The fourth-order valence-corrected chi connectivity index (χ4v) is 2.95. The summed E-state index contributed by atoms with van der Waals surface area (Å²) in [6, 6.07) is 17.8. The van der Waals surface area contributed by atoms with Crippen molar-refractivity contribution in [3.8, 4) is 11.5 Å². The first kappa shape index (κ1) is 13.9. The van der Waals surface area contributed by atoms with Crippen LogP contribution in [-0.4, -0.2) is 30.1 Å². The minimum Gasteiger partial charge on any atom is -0.457 e. The lowest BCUT2D eigenvalue weighted by Crippen LogP contribution is -2.18. The quantitative estimate of drug-likeness (QED) is 0.856. The molecule has 0 N–H and O–H groups in total. The van der Waals surface area contributed by atoms with Gasteiger partial charge in [-0.1, -0.05) is 18.2 Å². The number of nitrogens with zero attached hydrogens (tertiary/aromatic N) is 2. The molecule has 4 heteroatoms. The number of para-hydroxylation sites is 1. The average molecular weight is 296 g/mol. The molecule has 0 aliphatic carbocycles. The van der Waals surface area contributed by atoms with Gasteiger partial charge >= 0.3 is 0 Å². The van der Waals surface area contributed by atoms with E-state index in [-0.39, 0.29) is 0 Å². The van der Waals surface area contributed by atoms with Crippen LogP contribution in [0.1, 0.15) is 5.56 Å². The van der Waals surface area contributed by atoms with Gasteiger partial charge in [-0.05, 0) is 36.4 Å². The number of hydrogen-bond acceptors (Lipinski definition) is 4. The number of rotatable bonds is 3. The molecule has 3 rings (SSSR count). The fourth-order valence-electron chi connectivity index (χ4n) is 2.13. The van der Waals surface area contributed by atoms with Crippen molar-refractivity contribution in [1.29, 1.82) is 0 Å². The van der Waals surface area contributed by atoms with Crippen molar-refractivity contribution in [2.45, 2.75) is 0 Å². The van der Waals surface area contributed by atoms with Crippen molar-refractivity contribution in [1.82, 2.24) is 0 Å². The molecule has 0 amide bonds. The third-order valence-corrected chi connectivity index (χ3v) is 4.15. The maximum atomic E-state index is 5.80. The Morgan fingerprint density at radius 3 is 2.43 bits per heavy atom. The second kappa shape index (κ2) is 6.59. The maximum Gasteiger partial charge on any atom is 0.127 e. The van der Waals surface area contributed by atoms with Crippen LogP contribution in [0.3, 0.4) is 0 Å². The van der Waals surface area contributed by atoms with Crippen LogP contribution < -0.4 is 4.74 Å². The zero-order valence-corrected chi connectivity index (χ0v) is 12.6. The van der Waals surface area contributed by atoms with Crippen molar-refractivity contribution >= 4 is 22.5 Å². The van der Waals surface area contributed by atoms with Gasteiger partial charge in [0.2, 0.25) is 0 Å². The zero-order chi connectivity index (χ0) is 14.5. The van der Waals surface area contributed by atoms with Crippen LogP contribution in [0.4, 0.5) is 0 Å². The highest BCUT2D eigenvalue weighted by molar-refractivity contribution is 8.15. The van der Waals surface area contributed by atoms with Crippen LogP contribution in [0.25, 0.3) is 0 Å². The van der Waals surface area contributed by atoms with Gasteiger partial charge in [-0.2, -0.15) is 0 Å². The van der Waals surface area contributed by atoms with Gasteiger partial charge in [-0.15, -0.1) is 11.8 Å². The molecule has 0 fully saturated rings. The predicted molar refractivity (Wildman–Crippen MR) is 90.2 cm³/mol. The first-order chi connectivity index (χ1) is 10.4. The molecule has 3 nitrogen and oxygen atoms in total. The van der Waals surface area contributed by atoms with Gasteiger partial charge in [0, 0.05) is 24.9 Å². The lowest BCUT2D eigenvalue weighted by molar-refractivity contribution is 0.482. The van der Waals surface area contributed by atoms with Crippen molar-refractivity contribution in [3.05, 3.63) is 60.2 Å². The second-order valence-corrected chi connectivity index (χ2v) is 5.63. The van der Waals surface area contributed by atoms with Crippen LogP contribution in [0.2, 0.25) is 0 Å². The minimum atomic E-state index is 0.823. The van der Waals surface area contributed by atoms with Crippen LogP contribution in [0.15, 0.2) is 64.6 Å². The lowest BCUT2D eigenvalue weighted by Gasteiger charge is -2.14. The fraction of sp³-hybridized carbons (Fsp3) is 0.176. The van der Waals surface area contributed by atoms with E-state index in [9.17, 15) is 0 Å². The third kappa shape index (κ3) is 3.34. The normalized spacial score (nSPS) is 16.6. The summed E-state index contributed by atoms with van der Waals surface area (Å²) >= 11 is 1.76. The van der Waals surface area contributed by atoms with E-state index in [1.807, 2.05) is 61.6 Å². The van der Waals surface area contributed by atoms with E-state index in [0.717, 1.165) is 40.1 Å². The molecule has 0 saturated carbocycles. The van der Waals surface area contributed by atoms with Crippen molar-refractivity contribution in [3.63, 3.8) is 0 Å². The van der Waals surface area contributed by atoms with E-state index < -0.39 is 0 Å². The minimum absolute atomic E-state index is 0.823. The highest BCUT2D eigenvalue weighted by Crippen LogP contribution is 2.23. The molecule has 0 bridgehead atoms. The van der Waals surface area contributed by atoms with Crippen molar-refractivity contribution in [2.75, 3.05) is 19.3 Å². The molecule has 1 aliphatic heterocycles. The van der Waals surface area contributed by atoms with Gasteiger partial charge in [0.1, 0.15) is 16.5 Å². The Balaban J connectivity index is 1.79. The molecule has 106 valence electrons. The molecule has 21 heavy (non-hydrogen) atoms. The Bertz CT molecular complexity index is 663. The Labute approximate surface area is 128 Å². The van der Waals surface area contributed by atoms with E-state index in [1.54, 1.807) is 11.8 Å². The van der Waals surface area contributed by atoms with E-state index in [0.29, 0.717) is 0 Å². The monoisotopic (exact) mass is 296 g/mol. The summed E-state index contributed by atoms with van der Waals surface area (Å²) in [5.41, 5.74) is 2.07. The Morgan fingerprint density at radius 1 is 1.00 bits per heavy atom. The summed E-state index contributed by atoms with van der Waals surface area (Å²) in [5.74, 6) is 2.67.